The largest absolute Gasteiger partial charge is 0.440 e. The zero-order valence-electron chi connectivity index (χ0n) is 9.13. The number of carbonyl (C=O) groups excluding carboxylic acids is 1. The first-order valence-corrected chi connectivity index (χ1v) is 6.00. The fraction of sp³-hybridized carbons (Fsp3) is 0.0909. The lowest BCUT2D eigenvalue weighted by Crippen LogP contribution is -2.12. The number of anilines is 1. The monoisotopic (exact) mass is 304 g/mol. The molecule has 2 aromatic heterocycles. The number of rotatable bonds is 2. The van der Waals surface area contributed by atoms with Gasteiger partial charge in [-0.05, 0) is 36.7 Å². The van der Waals surface area contributed by atoms with E-state index in [1.165, 1.54) is 18.2 Å². The summed E-state index contributed by atoms with van der Waals surface area (Å²) in [5, 5.41) is 3.32. The Bertz CT molecular complexity index is 610. The Hall–Kier alpha value is -1.23. The predicted molar refractivity (Wildman–Crippen MR) is 70.7 cm³/mol. The van der Waals surface area contributed by atoms with Crippen molar-refractivity contribution in [2.24, 2.45) is 0 Å². The molecule has 0 aliphatic carbocycles. The van der Waals surface area contributed by atoms with Crippen molar-refractivity contribution in [1.82, 2.24) is 4.98 Å². The van der Waals surface area contributed by atoms with Gasteiger partial charge in [0.05, 0.1) is 15.7 Å². The summed E-state index contributed by atoms with van der Waals surface area (Å²) in [4.78, 5) is 15.9. The van der Waals surface area contributed by atoms with Gasteiger partial charge < -0.3 is 9.73 Å². The van der Waals surface area contributed by atoms with Crippen LogP contribution in [0.3, 0.4) is 0 Å². The number of furan rings is 1. The Labute approximate surface area is 118 Å². The number of hydrogen-bond acceptors (Lipinski definition) is 3. The van der Waals surface area contributed by atoms with E-state index in [1.54, 1.807) is 6.92 Å². The van der Waals surface area contributed by atoms with Crippen LogP contribution in [0.1, 0.15) is 16.2 Å². The van der Waals surface area contributed by atoms with E-state index >= 15 is 0 Å². The van der Waals surface area contributed by atoms with Crippen molar-refractivity contribution in [3.8, 4) is 0 Å². The van der Waals surface area contributed by atoms with E-state index in [-0.39, 0.29) is 21.8 Å². The number of nitrogens with zero attached hydrogens (tertiary/aromatic N) is 1. The number of pyridine rings is 1. The third-order valence-corrected chi connectivity index (χ3v) is 3.01. The molecule has 1 amide bonds. The second-order valence-corrected chi connectivity index (χ2v) is 4.63. The summed E-state index contributed by atoms with van der Waals surface area (Å²) in [6.45, 7) is 1.71. The van der Waals surface area contributed by atoms with Gasteiger partial charge in [-0.2, -0.15) is 0 Å². The molecule has 0 atom stereocenters. The molecule has 0 spiro atoms. The zero-order chi connectivity index (χ0) is 13.3. The predicted octanol–water partition coefficient (Wildman–Crippen LogP) is 4.20. The molecule has 7 heteroatoms. The molecule has 94 valence electrons. The quantitative estimate of drug-likeness (QED) is 0.905. The summed E-state index contributed by atoms with van der Waals surface area (Å²) >= 11 is 17.3. The molecular weight excluding hydrogens is 298 g/mol. The second kappa shape index (κ2) is 5.18. The van der Waals surface area contributed by atoms with Crippen LogP contribution in [-0.2, 0) is 0 Å². The van der Waals surface area contributed by atoms with Gasteiger partial charge >= 0.3 is 0 Å². The van der Waals surface area contributed by atoms with Crippen LogP contribution in [0.25, 0.3) is 0 Å². The Kier molecular flexibility index (Phi) is 3.80. The van der Waals surface area contributed by atoms with Gasteiger partial charge in [0.25, 0.3) is 5.91 Å². The molecule has 2 aromatic rings. The first-order chi connectivity index (χ1) is 8.47. The SMILES string of the molecule is Cc1nc(NC(=O)c2ccc(Cl)o2)c(Cl)cc1Cl. The Morgan fingerprint density at radius 3 is 2.61 bits per heavy atom. The maximum atomic E-state index is 11.8. The van der Waals surface area contributed by atoms with Crippen molar-refractivity contribution < 1.29 is 9.21 Å². The van der Waals surface area contributed by atoms with E-state index in [4.69, 9.17) is 39.2 Å². The van der Waals surface area contributed by atoms with E-state index < -0.39 is 5.91 Å². The summed E-state index contributed by atoms with van der Waals surface area (Å²) in [6.07, 6.45) is 0. The molecule has 18 heavy (non-hydrogen) atoms. The van der Waals surface area contributed by atoms with E-state index in [1.807, 2.05) is 0 Å². The molecule has 0 radical (unpaired) electrons. The number of carbonyl (C=O) groups is 1. The van der Waals surface area contributed by atoms with Crippen LogP contribution in [0.2, 0.25) is 15.3 Å². The average molecular weight is 306 g/mol. The van der Waals surface area contributed by atoms with Crippen molar-refractivity contribution in [3.63, 3.8) is 0 Å². The first-order valence-electron chi connectivity index (χ1n) is 4.86. The number of halogens is 3. The second-order valence-electron chi connectivity index (χ2n) is 3.44. The topological polar surface area (TPSA) is 55.1 Å². The maximum absolute atomic E-state index is 11.8. The molecule has 0 aliphatic heterocycles. The van der Waals surface area contributed by atoms with Crippen molar-refractivity contribution in [2.75, 3.05) is 5.32 Å². The standard InChI is InChI=1S/C11H7Cl3N2O2/c1-5-6(12)4-7(13)10(15-5)16-11(17)8-2-3-9(14)18-8/h2-4H,1H3,(H,15,16,17). The molecule has 2 rings (SSSR count). The number of hydrogen-bond donors (Lipinski definition) is 1. The van der Waals surface area contributed by atoms with Gasteiger partial charge in [0, 0.05) is 0 Å². The molecule has 0 bridgehead atoms. The number of nitrogens with one attached hydrogen (secondary N) is 1. The first kappa shape index (κ1) is 13.2. The molecule has 0 aromatic carbocycles. The Morgan fingerprint density at radius 2 is 2.00 bits per heavy atom. The summed E-state index contributed by atoms with van der Waals surface area (Å²) in [5.41, 5.74) is 0.564. The molecule has 0 aliphatic rings. The Balaban J connectivity index is 2.24. The summed E-state index contributed by atoms with van der Waals surface area (Å²) < 4.78 is 4.97. The third-order valence-electron chi connectivity index (χ3n) is 2.13. The molecule has 2 heterocycles. The highest BCUT2D eigenvalue weighted by Crippen LogP contribution is 2.26. The van der Waals surface area contributed by atoms with Gasteiger partial charge in [-0.25, -0.2) is 4.98 Å². The minimum absolute atomic E-state index is 0.0745. The van der Waals surface area contributed by atoms with Gasteiger partial charge in [0.1, 0.15) is 0 Å². The molecular formula is C11H7Cl3N2O2. The van der Waals surface area contributed by atoms with Crippen LogP contribution in [-0.4, -0.2) is 10.9 Å². The van der Waals surface area contributed by atoms with Gasteiger partial charge in [0.15, 0.2) is 16.8 Å². The van der Waals surface area contributed by atoms with Crippen LogP contribution >= 0.6 is 34.8 Å². The summed E-state index contributed by atoms with van der Waals surface area (Å²) in [7, 11) is 0. The van der Waals surface area contributed by atoms with Crippen LogP contribution in [0.15, 0.2) is 22.6 Å². The molecule has 0 saturated carbocycles. The molecule has 4 nitrogen and oxygen atoms in total. The minimum atomic E-state index is -0.488. The highest BCUT2D eigenvalue weighted by atomic mass is 35.5. The fourth-order valence-corrected chi connectivity index (χ4v) is 1.80. The lowest BCUT2D eigenvalue weighted by atomic mass is 10.3. The number of aromatic nitrogens is 1. The summed E-state index contributed by atoms with van der Waals surface area (Å²) in [5.74, 6) is -0.195. The number of aryl methyl sites for hydroxylation is 1. The lowest BCUT2D eigenvalue weighted by Gasteiger charge is -2.06. The molecule has 0 unspecified atom stereocenters. The highest BCUT2D eigenvalue weighted by Gasteiger charge is 2.14. The van der Waals surface area contributed by atoms with Crippen LogP contribution in [0.5, 0.6) is 0 Å². The van der Waals surface area contributed by atoms with E-state index in [9.17, 15) is 4.79 Å². The van der Waals surface area contributed by atoms with Crippen LogP contribution in [0.4, 0.5) is 5.82 Å². The normalized spacial score (nSPS) is 10.4. The van der Waals surface area contributed by atoms with E-state index in [2.05, 4.69) is 10.3 Å². The van der Waals surface area contributed by atoms with E-state index in [0.717, 1.165) is 0 Å². The van der Waals surface area contributed by atoms with Crippen LogP contribution in [0, 0.1) is 6.92 Å². The fourth-order valence-electron chi connectivity index (χ4n) is 1.25. The number of amides is 1. The van der Waals surface area contributed by atoms with Crippen LogP contribution < -0.4 is 5.32 Å². The third kappa shape index (κ3) is 2.77. The van der Waals surface area contributed by atoms with Crippen molar-refractivity contribution in [3.05, 3.63) is 44.9 Å². The lowest BCUT2D eigenvalue weighted by molar-refractivity contribution is 0.0996. The smallest absolute Gasteiger partial charge is 0.292 e. The maximum Gasteiger partial charge on any atom is 0.292 e. The van der Waals surface area contributed by atoms with Crippen molar-refractivity contribution in [2.45, 2.75) is 6.92 Å². The summed E-state index contributed by atoms with van der Waals surface area (Å²) in [6, 6.07) is 4.43. The molecule has 0 fully saturated rings. The van der Waals surface area contributed by atoms with Gasteiger partial charge in [0.2, 0.25) is 0 Å². The van der Waals surface area contributed by atoms with E-state index in [0.29, 0.717) is 10.7 Å². The van der Waals surface area contributed by atoms with Gasteiger partial charge in [-0.15, -0.1) is 0 Å². The van der Waals surface area contributed by atoms with Crippen molar-refractivity contribution >= 4 is 46.5 Å². The zero-order valence-corrected chi connectivity index (χ0v) is 11.4. The van der Waals surface area contributed by atoms with Gasteiger partial charge in [-0.1, -0.05) is 23.2 Å². The van der Waals surface area contributed by atoms with Gasteiger partial charge in [-0.3, -0.25) is 4.79 Å². The Morgan fingerprint density at radius 1 is 1.28 bits per heavy atom. The highest BCUT2D eigenvalue weighted by molar-refractivity contribution is 6.36. The molecule has 1 N–H and O–H groups in total. The minimum Gasteiger partial charge on any atom is -0.440 e. The molecule has 0 saturated heterocycles. The average Bonchev–Trinajstić information content (AvgIpc) is 2.73. The van der Waals surface area contributed by atoms with Crippen molar-refractivity contribution in [1.29, 1.82) is 0 Å².